The number of fused-ring (bicyclic) bond motifs is 9. The van der Waals surface area contributed by atoms with E-state index in [9.17, 15) is 0 Å². The van der Waals surface area contributed by atoms with Crippen molar-refractivity contribution in [3.8, 4) is 17.1 Å². The van der Waals surface area contributed by atoms with Crippen LogP contribution in [0, 0.1) is 16.7 Å². The highest BCUT2D eigenvalue weighted by atomic mass is 31.0. The first-order chi connectivity index (χ1) is 29.1. The molecule has 0 amide bonds. The van der Waals surface area contributed by atoms with Gasteiger partial charge in [0.25, 0.3) is 0 Å². The van der Waals surface area contributed by atoms with Gasteiger partial charge in [0.2, 0.25) is 0 Å². The SMILES string of the molecule is CC(C)(CCCCP)CC(Cc1ccc(-n2c3ccc(-n4c5ccccc5c5ccccc54)cc3c3cc(-n4c5ccccc5c5ccccc54)ccc32)cc1)C(C)(C)C. The third-order valence-corrected chi connectivity index (χ3v) is 13.8. The summed E-state index contributed by atoms with van der Waals surface area (Å²) in [4.78, 5) is 0. The third kappa shape index (κ3) is 6.72. The van der Waals surface area contributed by atoms with Gasteiger partial charge in [-0.25, -0.2) is 0 Å². The van der Waals surface area contributed by atoms with Crippen LogP contribution in [0.2, 0.25) is 0 Å². The van der Waals surface area contributed by atoms with Crippen LogP contribution in [-0.4, -0.2) is 19.9 Å². The Bertz CT molecular complexity index is 2910. The molecule has 3 nitrogen and oxygen atoms in total. The minimum atomic E-state index is 0.228. The summed E-state index contributed by atoms with van der Waals surface area (Å²) in [5.41, 5.74) is 12.8. The Morgan fingerprint density at radius 2 is 0.817 bits per heavy atom. The van der Waals surface area contributed by atoms with Gasteiger partial charge in [0.15, 0.2) is 0 Å². The van der Waals surface area contributed by atoms with Crippen molar-refractivity contribution in [3.63, 3.8) is 0 Å². The Morgan fingerprint density at radius 1 is 0.433 bits per heavy atom. The molecule has 0 radical (unpaired) electrons. The van der Waals surface area contributed by atoms with E-state index in [4.69, 9.17) is 0 Å². The Morgan fingerprint density at radius 3 is 1.23 bits per heavy atom. The molecule has 0 bridgehead atoms. The fourth-order valence-electron chi connectivity index (χ4n) is 10.2. The molecule has 2 atom stereocenters. The van der Waals surface area contributed by atoms with Crippen molar-refractivity contribution in [2.24, 2.45) is 16.7 Å². The molecule has 0 saturated carbocycles. The van der Waals surface area contributed by atoms with Crippen molar-refractivity contribution in [3.05, 3.63) is 163 Å². The Labute approximate surface area is 356 Å². The minimum absolute atomic E-state index is 0.228. The molecule has 2 unspecified atom stereocenters. The summed E-state index contributed by atoms with van der Waals surface area (Å²) in [6.07, 6.45) is 7.42. The normalized spacial score (nSPS) is 13.2. The number of nitrogens with zero attached hydrogens (tertiary/aromatic N) is 3. The van der Waals surface area contributed by atoms with Gasteiger partial charge < -0.3 is 13.7 Å². The molecule has 0 spiro atoms. The predicted molar refractivity (Wildman–Crippen MR) is 263 cm³/mol. The largest absolute Gasteiger partial charge is 0.309 e. The maximum Gasteiger partial charge on any atom is 0.0542 e. The van der Waals surface area contributed by atoms with Gasteiger partial charge in [-0.15, -0.1) is 9.24 Å². The average molecular weight is 802 g/mol. The zero-order valence-electron chi connectivity index (χ0n) is 35.8. The van der Waals surface area contributed by atoms with Gasteiger partial charge in [0.1, 0.15) is 0 Å². The highest BCUT2D eigenvalue weighted by molar-refractivity contribution is 7.16. The molecule has 0 fully saturated rings. The van der Waals surface area contributed by atoms with Gasteiger partial charge in [-0.3, -0.25) is 0 Å². The lowest BCUT2D eigenvalue weighted by Crippen LogP contribution is -2.28. The monoisotopic (exact) mass is 801 g/mol. The molecule has 0 saturated heterocycles. The lowest BCUT2D eigenvalue weighted by molar-refractivity contribution is 0.145. The summed E-state index contributed by atoms with van der Waals surface area (Å²) in [5.74, 6) is 0.598. The fraction of sp³-hybridized carbons (Fsp3) is 0.250. The molecule has 3 heterocycles. The Balaban J connectivity index is 1.13. The van der Waals surface area contributed by atoms with Crippen LogP contribution in [0.1, 0.15) is 65.9 Å². The van der Waals surface area contributed by atoms with E-state index in [1.165, 1.54) is 120 Å². The number of aromatic nitrogens is 3. The first kappa shape index (κ1) is 38.6. The van der Waals surface area contributed by atoms with Crippen molar-refractivity contribution < 1.29 is 0 Å². The van der Waals surface area contributed by atoms with Crippen LogP contribution in [0.25, 0.3) is 82.5 Å². The van der Waals surface area contributed by atoms with Gasteiger partial charge in [-0.1, -0.05) is 126 Å². The second-order valence-corrected chi connectivity index (χ2v) is 19.6. The Kier molecular flexibility index (Phi) is 9.72. The molecule has 300 valence electrons. The lowest BCUT2D eigenvalue weighted by atomic mass is 9.68. The maximum atomic E-state index is 2.90. The lowest BCUT2D eigenvalue weighted by Gasteiger charge is -2.37. The van der Waals surface area contributed by atoms with Crippen LogP contribution < -0.4 is 0 Å². The zero-order chi connectivity index (χ0) is 41.2. The van der Waals surface area contributed by atoms with Gasteiger partial charge >= 0.3 is 0 Å². The van der Waals surface area contributed by atoms with Crippen molar-refractivity contribution in [1.82, 2.24) is 13.7 Å². The first-order valence-corrected chi connectivity index (χ1v) is 22.8. The maximum absolute atomic E-state index is 2.90. The Hall–Kier alpha value is -5.63. The highest BCUT2D eigenvalue weighted by Crippen LogP contribution is 2.42. The summed E-state index contributed by atoms with van der Waals surface area (Å²) in [6, 6.07) is 58.9. The zero-order valence-corrected chi connectivity index (χ0v) is 36.9. The van der Waals surface area contributed by atoms with E-state index >= 15 is 0 Å². The fourth-order valence-corrected chi connectivity index (χ4v) is 10.5. The molecule has 0 aliphatic rings. The van der Waals surface area contributed by atoms with E-state index in [2.05, 4.69) is 215 Å². The molecule has 7 aromatic carbocycles. The topological polar surface area (TPSA) is 14.8 Å². The predicted octanol–water partition coefficient (Wildman–Crippen LogP) is 15.6. The molecular weight excluding hydrogens is 746 g/mol. The average Bonchev–Trinajstić information content (AvgIpc) is 3.89. The van der Waals surface area contributed by atoms with Crippen molar-refractivity contribution in [1.29, 1.82) is 0 Å². The summed E-state index contributed by atoms with van der Waals surface area (Å²) < 4.78 is 7.36. The van der Waals surface area contributed by atoms with Gasteiger partial charge in [0, 0.05) is 49.4 Å². The molecule has 0 N–H and O–H groups in total. The molecular formula is C56H56N3P. The second kappa shape index (κ2) is 15.1. The molecule has 3 aromatic heterocycles. The van der Waals surface area contributed by atoms with Crippen LogP contribution in [0.4, 0.5) is 0 Å². The van der Waals surface area contributed by atoms with E-state index in [1.807, 2.05) is 0 Å². The molecule has 0 aliphatic carbocycles. The van der Waals surface area contributed by atoms with Crippen molar-refractivity contribution >= 4 is 74.7 Å². The summed E-state index contributed by atoms with van der Waals surface area (Å²) in [5, 5.41) is 7.59. The summed E-state index contributed by atoms with van der Waals surface area (Å²) in [6.45, 7) is 12.3. The number of benzene rings is 7. The van der Waals surface area contributed by atoms with Crippen LogP contribution >= 0.6 is 9.24 Å². The quantitative estimate of drug-likeness (QED) is 0.0914. The van der Waals surface area contributed by atoms with Gasteiger partial charge in [-0.2, -0.15) is 0 Å². The standard InChI is InChI=1S/C56H56N3P/c1-55(2,3)39(37-56(4,5)32-14-15-33-60)34-38-24-26-40(27-25-38)57-53-30-28-41(58-49-20-10-6-16-43(49)44-17-7-11-21-50(44)58)35-47(53)48-36-42(29-31-54(48)57)59-51-22-12-8-18-45(51)46-19-9-13-23-52(46)59/h6-13,16-31,35-36,39H,14-15,32-34,37,60H2,1-5H3. The van der Waals surface area contributed by atoms with Gasteiger partial charge in [0.05, 0.1) is 33.1 Å². The number of para-hydroxylation sites is 4. The third-order valence-electron chi connectivity index (χ3n) is 13.4. The number of hydrogen-bond donors (Lipinski definition) is 0. The number of hydrogen-bond acceptors (Lipinski definition) is 0. The number of rotatable bonds is 11. The number of unbranched alkanes of at least 4 members (excludes halogenated alkanes) is 1. The second-order valence-electron chi connectivity index (χ2n) is 19.0. The summed E-state index contributed by atoms with van der Waals surface area (Å²) in [7, 11) is 2.90. The van der Waals surface area contributed by atoms with E-state index in [1.54, 1.807) is 0 Å². The van der Waals surface area contributed by atoms with Gasteiger partial charge in [-0.05, 0) is 127 Å². The highest BCUT2D eigenvalue weighted by Gasteiger charge is 2.31. The molecule has 10 aromatic rings. The smallest absolute Gasteiger partial charge is 0.0542 e. The van der Waals surface area contributed by atoms with E-state index in [-0.39, 0.29) is 5.41 Å². The molecule has 10 rings (SSSR count). The molecule has 60 heavy (non-hydrogen) atoms. The van der Waals surface area contributed by atoms with E-state index in [0.29, 0.717) is 11.3 Å². The van der Waals surface area contributed by atoms with Crippen LogP contribution in [-0.2, 0) is 6.42 Å². The summed E-state index contributed by atoms with van der Waals surface area (Å²) >= 11 is 0. The van der Waals surface area contributed by atoms with Crippen molar-refractivity contribution in [2.45, 2.75) is 66.7 Å². The van der Waals surface area contributed by atoms with Crippen LogP contribution in [0.5, 0.6) is 0 Å². The van der Waals surface area contributed by atoms with Crippen molar-refractivity contribution in [2.75, 3.05) is 6.16 Å². The van der Waals surface area contributed by atoms with E-state index in [0.717, 1.165) is 6.42 Å². The minimum Gasteiger partial charge on any atom is -0.309 e. The van der Waals surface area contributed by atoms with Crippen LogP contribution in [0.3, 0.4) is 0 Å². The molecule has 0 aliphatic heterocycles. The van der Waals surface area contributed by atoms with E-state index < -0.39 is 0 Å². The molecule has 4 heteroatoms. The van der Waals surface area contributed by atoms with Crippen LogP contribution in [0.15, 0.2) is 158 Å². The first-order valence-electron chi connectivity index (χ1n) is 21.9.